The molecular formula is C9H11ClN2O4S. The Hall–Kier alpha value is -1.18. The molecule has 0 amide bonds. The first-order valence-corrected chi connectivity index (χ1v) is 6.54. The molecule has 0 fully saturated rings. The molecule has 0 aliphatic carbocycles. The standard InChI is InChI=1S/C9H11ClN2O4S/c1-2-12(6-8(13)14)17(15,16)7-4-3-5-11-9(7)10/h3-5H,2,6H2,1H3,(H,13,14). The molecule has 0 bridgehead atoms. The number of likely N-dealkylation sites (N-methyl/N-ethyl adjacent to an activating group) is 1. The summed E-state index contributed by atoms with van der Waals surface area (Å²) in [6, 6.07) is 2.71. The molecule has 0 unspecified atom stereocenters. The minimum atomic E-state index is -3.92. The first-order valence-electron chi connectivity index (χ1n) is 4.72. The third-order valence-corrected chi connectivity index (χ3v) is 4.37. The van der Waals surface area contributed by atoms with Crippen molar-refractivity contribution in [1.82, 2.24) is 9.29 Å². The third-order valence-electron chi connectivity index (χ3n) is 2.01. The number of nitrogens with zero attached hydrogens (tertiary/aromatic N) is 2. The fraction of sp³-hybridized carbons (Fsp3) is 0.333. The number of rotatable bonds is 5. The molecule has 0 saturated carbocycles. The zero-order valence-corrected chi connectivity index (χ0v) is 10.6. The number of aromatic nitrogens is 1. The van der Waals surface area contributed by atoms with Crippen molar-refractivity contribution in [3.8, 4) is 0 Å². The number of carboxylic acid groups (broad SMARTS) is 1. The molecule has 8 heteroatoms. The van der Waals surface area contributed by atoms with Gasteiger partial charge in [-0.05, 0) is 12.1 Å². The number of halogens is 1. The smallest absolute Gasteiger partial charge is 0.318 e. The molecule has 1 aromatic heterocycles. The topological polar surface area (TPSA) is 87.6 Å². The van der Waals surface area contributed by atoms with Crippen LogP contribution in [-0.2, 0) is 14.8 Å². The lowest BCUT2D eigenvalue weighted by Crippen LogP contribution is -2.35. The van der Waals surface area contributed by atoms with Crippen molar-refractivity contribution in [2.75, 3.05) is 13.1 Å². The first-order chi connectivity index (χ1) is 7.89. The summed E-state index contributed by atoms with van der Waals surface area (Å²) in [5.74, 6) is -1.23. The van der Waals surface area contributed by atoms with E-state index in [0.29, 0.717) is 0 Å². The molecule has 6 nitrogen and oxygen atoms in total. The molecule has 1 heterocycles. The van der Waals surface area contributed by atoms with Crippen molar-refractivity contribution >= 4 is 27.6 Å². The molecule has 0 aromatic carbocycles. The van der Waals surface area contributed by atoms with Crippen molar-refractivity contribution in [3.05, 3.63) is 23.5 Å². The van der Waals surface area contributed by atoms with E-state index in [0.717, 1.165) is 4.31 Å². The van der Waals surface area contributed by atoms with Crippen LogP contribution in [0.25, 0.3) is 0 Å². The lowest BCUT2D eigenvalue weighted by molar-refractivity contribution is -0.137. The maximum absolute atomic E-state index is 12.1. The van der Waals surface area contributed by atoms with E-state index in [1.165, 1.54) is 18.3 Å². The van der Waals surface area contributed by atoms with Gasteiger partial charge in [0.1, 0.15) is 16.6 Å². The van der Waals surface area contributed by atoms with Crippen LogP contribution in [0.2, 0.25) is 5.15 Å². The molecule has 1 rings (SSSR count). The molecule has 0 atom stereocenters. The van der Waals surface area contributed by atoms with E-state index in [1.807, 2.05) is 0 Å². The molecule has 17 heavy (non-hydrogen) atoms. The predicted molar refractivity (Wildman–Crippen MR) is 61.3 cm³/mol. The highest BCUT2D eigenvalue weighted by molar-refractivity contribution is 7.89. The zero-order valence-electron chi connectivity index (χ0n) is 9.00. The largest absolute Gasteiger partial charge is 0.480 e. The summed E-state index contributed by atoms with van der Waals surface area (Å²) in [5, 5.41) is 8.47. The summed E-state index contributed by atoms with van der Waals surface area (Å²) >= 11 is 5.68. The number of sulfonamides is 1. The number of hydrogen-bond donors (Lipinski definition) is 1. The van der Waals surface area contributed by atoms with E-state index in [4.69, 9.17) is 16.7 Å². The summed E-state index contributed by atoms with van der Waals surface area (Å²) in [7, 11) is -3.92. The fourth-order valence-corrected chi connectivity index (χ4v) is 3.05. The van der Waals surface area contributed by atoms with Crippen LogP contribution in [0.1, 0.15) is 6.92 Å². The van der Waals surface area contributed by atoms with Gasteiger partial charge in [0.25, 0.3) is 0 Å². The van der Waals surface area contributed by atoms with Crippen molar-refractivity contribution < 1.29 is 18.3 Å². The highest BCUT2D eigenvalue weighted by Crippen LogP contribution is 2.21. The summed E-state index contributed by atoms with van der Waals surface area (Å²) < 4.78 is 24.9. The molecule has 1 aromatic rings. The quantitative estimate of drug-likeness (QED) is 0.806. The SMILES string of the molecule is CCN(CC(=O)O)S(=O)(=O)c1cccnc1Cl. The Kier molecular flexibility index (Phi) is 4.44. The fourth-order valence-electron chi connectivity index (χ4n) is 1.22. The molecule has 0 aliphatic heterocycles. The molecular weight excluding hydrogens is 268 g/mol. The van der Waals surface area contributed by atoms with E-state index < -0.39 is 22.5 Å². The number of carbonyl (C=O) groups is 1. The molecule has 94 valence electrons. The number of hydrogen-bond acceptors (Lipinski definition) is 4. The number of aliphatic carboxylic acids is 1. The maximum Gasteiger partial charge on any atom is 0.318 e. The van der Waals surface area contributed by atoms with E-state index in [-0.39, 0.29) is 16.6 Å². The van der Waals surface area contributed by atoms with Gasteiger partial charge in [0.05, 0.1) is 0 Å². The Morgan fingerprint density at radius 1 is 1.59 bits per heavy atom. The van der Waals surface area contributed by atoms with Gasteiger partial charge in [0, 0.05) is 12.7 Å². The number of pyridine rings is 1. The maximum atomic E-state index is 12.1. The Morgan fingerprint density at radius 3 is 2.71 bits per heavy atom. The molecule has 1 N–H and O–H groups in total. The Bertz CT molecular complexity index is 517. The van der Waals surface area contributed by atoms with Gasteiger partial charge in [-0.1, -0.05) is 18.5 Å². The summed E-state index contributed by atoms with van der Waals surface area (Å²) in [6.07, 6.45) is 1.36. The van der Waals surface area contributed by atoms with Crippen molar-refractivity contribution in [2.45, 2.75) is 11.8 Å². The average Bonchev–Trinajstić information content (AvgIpc) is 2.25. The van der Waals surface area contributed by atoms with E-state index >= 15 is 0 Å². The second kappa shape index (κ2) is 5.44. The van der Waals surface area contributed by atoms with Crippen LogP contribution in [0, 0.1) is 0 Å². The van der Waals surface area contributed by atoms with Gasteiger partial charge >= 0.3 is 5.97 Å². The minimum absolute atomic E-state index is 0.0415. The van der Waals surface area contributed by atoms with Gasteiger partial charge in [0.15, 0.2) is 0 Å². The Labute approximate surface area is 104 Å². The summed E-state index contributed by atoms with van der Waals surface area (Å²) in [5.41, 5.74) is 0. The predicted octanol–water partition coefficient (Wildman–Crippen LogP) is 0.830. The van der Waals surface area contributed by atoms with Crippen LogP contribution in [-0.4, -0.2) is 41.9 Å². The van der Waals surface area contributed by atoms with Gasteiger partial charge in [-0.15, -0.1) is 0 Å². The molecule has 0 radical (unpaired) electrons. The van der Waals surface area contributed by atoms with Crippen molar-refractivity contribution in [3.63, 3.8) is 0 Å². The van der Waals surface area contributed by atoms with E-state index in [2.05, 4.69) is 4.98 Å². The third kappa shape index (κ3) is 3.15. The van der Waals surface area contributed by atoms with E-state index in [9.17, 15) is 13.2 Å². The molecule has 0 aliphatic rings. The second-order valence-electron chi connectivity index (χ2n) is 3.12. The van der Waals surface area contributed by atoms with Crippen LogP contribution in [0.5, 0.6) is 0 Å². The number of carboxylic acids is 1. The molecule has 0 spiro atoms. The highest BCUT2D eigenvalue weighted by Gasteiger charge is 2.27. The van der Waals surface area contributed by atoms with E-state index in [1.54, 1.807) is 6.92 Å². The normalized spacial score (nSPS) is 11.7. The van der Waals surface area contributed by atoms with Crippen LogP contribution in [0.4, 0.5) is 0 Å². The summed E-state index contributed by atoms with van der Waals surface area (Å²) in [4.78, 5) is 14.0. The van der Waals surface area contributed by atoms with Gasteiger partial charge in [-0.2, -0.15) is 4.31 Å². The highest BCUT2D eigenvalue weighted by atomic mass is 35.5. The van der Waals surface area contributed by atoms with Gasteiger partial charge in [-0.25, -0.2) is 13.4 Å². The van der Waals surface area contributed by atoms with Gasteiger partial charge < -0.3 is 5.11 Å². The lowest BCUT2D eigenvalue weighted by atomic mass is 10.5. The average molecular weight is 279 g/mol. The second-order valence-corrected chi connectivity index (χ2v) is 5.38. The van der Waals surface area contributed by atoms with Crippen LogP contribution in [0.15, 0.2) is 23.2 Å². The van der Waals surface area contributed by atoms with Crippen LogP contribution >= 0.6 is 11.6 Å². The van der Waals surface area contributed by atoms with Crippen LogP contribution < -0.4 is 0 Å². The van der Waals surface area contributed by atoms with Crippen LogP contribution in [0.3, 0.4) is 0 Å². The lowest BCUT2D eigenvalue weighted by Gasteiger charge is -2.18. The zero-order chi connectivity index (χ0) is 13.1. The van der Waals surface area contributed by atoms with Crippen molar-refractivity contribution in [1.29, 1.82) is 0 Å². The van der Waals surface area contributed by atoms with Gasteiger partial charge in [0.2, 0.25) is 10.0 Å². The first kappa shape index (κ1) is 13.9. The Morgan fingerprint density at radius 2 is 2.24 bits per heavy atom. The van der Waals surface area contributed by atoms with Crippen molar-refractivity contribution in [2.24, 2.45) is 0 Å². The minimum Gasteiger partial charge on any atom is -0.480 e. The molecule has 0 saturated heterocycles. The summed E-state index contributed by atoms with van der Waals surface area (Å²) in [6.45, 7) is 0.981. The van der Waals surface area contributed by atoms with Gasteiger partial charge in [-0.3, -0.25) is 4.79 Å². The Balaban J connectivity index is 3.18. The monoisotopic (exact) mass is 278 g/mol.